The van der Waals surface area contributed by atoms with Crippen molar-refractivity contribution in [2.75, 3.05) is 23.3 Å². The van der Waals surface area contributed by atoms with Crippen molar-refractivity contribution in [3.8, 4) is 0 Å². The van der Waals surface area contributed by atoms with E-state index in [2.05, 4.69) is 5.32 Å². The Morgan fingerprint density at radius 1 is 1.39 bits per heavy atom. The van der Waals surface area contributed by atoms with Gasteiger partial charge < -0.3 is 10.2 Å². The summed E-state index contributed by atoms with van der Waals surface area (Å²) >= 11 is 0. The fourth-order valence-corrected chi connectivity index (χ4v) is 2.13. The zero-order valence-corrected chi connectivity index (χ0v) is 10.4. The minimum absolute atomic E-state index is 0.245. The van der Waals surface area contributed by atoms with Gasteiger partial charge in [-0.25, -0.2) is 4.39 Å². The lowest BCUT2D eigenvalue weighted by molar-refractivity contribution is -0.111. The molecule has 96 valence electrons. The average Bonchev–Trinajstić information content (AvgIpc) is 2.82. The van der Waals surface area contributed by atoms with Gasteiger partial charge in [-0.3, -0.25) is 4.79 Å². The average molecular weight is 248 g/mol. The van der Waals surface area contributed by atoms with Gasteiger partial charge in [-0.1, -0.05) is 6.08 Å². The Hall–Kier alpha value is -1.84. The first-order valence-corrected chi connectivity index (χ1v) is 6.19. The maximum Gasteiger partial charge on any atom is 0.248 e. The summed E-state index contributed by atoms with van der Waals surface area (Å²) in [6.45, 7) is 3.57. The van der Waals surface area contributed by atoms with E-state index in [0.29, 0.717) is 11.4 Å². The fraction of sp³-hybridized carbons (Fsp3) is 0.357. The van der Waals surface area contributed by atoms with E-state index in [1.165, 1.54) is 12.1 Å². The molecule has 1 aromatic carbocycles. The highest BCUT2D eigenvalue weighted by atomic mass is 19.1. The highest BCUT2D eigenvalue weighted by molar-refractivity contribution is 5.99. The smallest absolute Gasteiger partial charge is 0.248 e. The molecule has 18 heavy (non-hydrogen) atoms. The molecule has 1 aromatic rings. The SMILES string of the molecule is CC=CC(=O)Nc1ccc(N2CCCC2)c(F)c1. The van der Waals surface area contributed by atoms with Crippen LogP contribution in [0.3, 0.4) is 0 Å². The lowest BCUT2D eigenvalue weighted by atomic mass is 10.2. The van der Waals surface area contributed by atoms with Crippen molar-refractivity contribution >= 4 is 17.3 Å². The minimum atomic E-state index is -0.282. The second-order valence-electron chi connectivity index (χ2n) is 4.35. The molecule has 0 unspecified atom stereocenters. The molecule has 1 aliphatic heterocycles. The van der Waals surface area contributed by atoms with Gasteiger partial charge in [-0.15, -0.1) is 0 Å². The van der Waals surface area contributed by atoms with Crippen molar-refractivity contribution in [3.05, 3.63) is 36.2 Å². The predicted octanol–water partition coefficient (Wildman–Crippen LogP) is 2.94. The van der Waals surface area contributed by atoms with Crippen LogP contribution in [-0.4, -0.2) is 19.0 Å². The number of allylic oxidation sites excluding steroid dienone is 1. The normalized spacial score (nSPS) is 15.3. The Kier molecular flexibility index (Phi) is 3.97. The number of anilines is 2. The number of hydrogen-bond acceptors (Lipinski definition) is 2. The third-order valence-electron chi connectivity index (χ3n) is 2.98. The van der Waals surface area contributed by atoms with E-state index in [0.717, 1.165) is 25.9 Å². The van der Waals surface area contributed by atoms with Crippen LogP contribution in [-0.2, 0) is 4.79 Å². The maximum absolute atomic E-state index is 13.9. The second kappa shape index (κ2) is 5.67. The molecule has 4 heteroatoms. The quantitative estimate of drug-likeness (QED) is 0.834. The molecule has 1 saturated heterocycles. The van der Waals surface area contributed by atoms with Gasteiger partial charge in [0, 0.05) is 18.8 Å². The van der Waals surface area contributed by atoms with E-state index in [1.54, 1.807) is 25.1 Å². The summed E-state index contributed by atoms with van der Waals surface area (Å²) in [6.07, 6.45) is 5.27. The van der Waals surface area contributed by atoms with Gasteiger partial charge >= 0.3 is 0 Å². The van der Waals surface area contributed by atoms with Crippen molar-refractivity contribution in [1.82, 2.24) is 0 Å². The Bertz CT molecular complexity index is 465. The van der Waals surface area contributed by atoms with Crippen LogP contribution in [0.2, 0.25) is 0 Å². The van der Waals surface area contributed by atoms with Crippen LogP contribution >= 0.6 is 0 Å². The van der Waals surface area contributed by atoms with Crippen molar-refractivity contribution in [1.29, 1.82) is 0 Å². The molecule has 1 fully saturated rings. The van der Waals surface area contributed by atoms with Crippen LogP contribution in [0.5, 0.6) is 0 Å². The molecule has 1 N–H and O–H groups in total. The molecule has 1 heterocycles. The number of amides is 1. The maximum atomic E-state index is 13.9. The van der Waals surface area contributed by atoms with Crippen molar-refractivity contribution in [2.45, 2.75) is 19.8 Å². The number of carbonyl (C=O) groups excluding carboxylic acids is 1. The van der Waals surface area contributed by atoms with Crippen LogP contribution in [0, 0.1) is 5.82 Å². The molecule has 0 radical (unpaired) electrons. The van der Waals surface area contributed by atoms with Crippen LogP contribution in [0.1, 0.15) is 19.8 Å². The topological polar surface area (TPSA) is 32.3 Å². The summed E-state index contributed by atoms with van der Waals surface area (Å²) in [5.74, 6) is -0.527. The van der Waals surface area contributed by atoms with E-state index < -0.39 is 0 Å². The summed E-state index contributed by atoms with van der Waals surface area (Å²) in [4.78, 5) is 13.4. The third kappa shape index (κ3) is 2.88. The number of carbonyl (C=O) groups is 1. The summed E-state index contributed by atoms with van der Waals surface area (Å²) in [7, 11) is 0. The number of benzene rings is 1. The summed E-state index contributed by atoms with van der Waals surface area (Å²) in [5.41, 5.74) is 1.11. The van der Waals surface area contributed by atoms with Gasteiger partial charge in [0.15, 0.2) is 0 Å². The summed E-state index contributed by atoms with van der Waals surface area (Å²) < 4.78 is 13.9. The largest absolute Gasteiger partial charge is 0.369 e. The molecule has 0 atom stereocenters. The molecule has 0 saturated carbocycles. The monoisotopic (exact) mass is 248 g/mol. The molecule has 0 aliphatic carbocycles. The van der Waals surface area contributed by atoms with Crippen LogP contribution in [0.15, 0.2) is 30.4 Å². The first-order chi connectivity index (χ1) is 8.70. The van der Waals surface area contributed by atoms with E-state index in [1.807, 2.05) is 4.90 Å². The van der Waals surface area contributed by atoms with E-state index >= 15 is 0 Å². The lowest BCUT2D eigenvalue weighted by Crippen LogP contribution is -2.19. The van der Waals surface area contributed by atoms with Crippen LogP contribution < -0.4 is 10.2 Å². The summed E-state index contributed by atoms with van der Waals surface area (Å²) in [6, 6.07) is 4.83. The van der Waals surface area contributed by atoms with Crippen LogP contribution in [0.4, 0.5) is 15.8 Å². The highest BCUT2D eigenvalue weighted by Crippen LogP contribution is 2.25. The van der Waals surface area contributed by atoms with E-state index in [4.69, 9.17) is 0 Å². The zero-order valence-electron chi connectivity index (χ0n) is 10.4. The number of nitrogens with zero attached hydrogens (tertiary/aromatic N) is 1. The van der Waals surface area contributed by atoms with Crippen molar-refractivity contribution < 1.29 is 9.18 Å². The molecular weight excluding hydrogens is 231 g/mol. The van der Waals surface area contributed by atoms with Gasteiger partial charge in [0.25, 0.3) is 0 Å². The van der Waals surface area contributed by atoms with Gasteiger partial charge in [-0.2, -0.15) is 0 Å². The Morgan fingerprint density at radius 3 is 2.72 bits per heavy atom. The fourth-order valence-electron chi connectivity index (χ4n) is 2.13. The minimum Gasteiger partial charge on any atom is -0.369 e. The Labute approximate surface area is 106 Å². The lowest BCUT2D eigenvalue weighted by Gasteiger charge is -2.18. The Balaban J connectivity index is 2.11. The molecule has 1 aliphatic rings. The van der Waals surface area contributed by atoms with E-state index in [-0.39, 0.29) is 11.7 Å². The first-order valence-electron chi connectivity index (χ1n) is 6.19. The van der Waals surface area contributed by atoms with E-state index in [9.17, 15) is 9.18 Å². The molecule has 1 amide bonds. The molecule has 0 spiro atoms. The predicted molar refractivity (Wildman–Crippen MR) is 71.3 cm³/mol. The molecule has 0 bridgehead atoms. The number of hydrogen-bond donors (Lipinski definition) is 1. The number of nitrogens with one attached hydrogen (secondary N) is 1. The number of halogens is 1. The summed E-state index contributed by atoms with van der Waals surface area (Å²) in [5, 5.41) is 2.62. The molecule has 0 aromatic heterocycles. The van der Waals surface area contributed by atoms with Gasteiger partial charge in [-0.05, 0) is 44.0 Å². The van der Waals surface area contributed by atoms with Crippen LogP contribution in [0.25, 0.3) is 0 Å². The number of rotatable bonds is 3. The van der Waals surface area contributed by atoms with Crippen molar-refractivity contribution in [3.63, 3.8) is 0 Å². The molecule has 3 nitrogen and oxygen atoms in total. The van der Waals surface area contributed by atoms with Crippen molar-refractivity contribution in [2.24, 2.45) is 0 Å². The van der Waals surface area contributed by atoms with Gasteiger partial charge in [0.05, 0.1) is 5.69 Å². The second-order valence-corrected chi connectivity index (χ2v) is 4.35. The first kappa shape index (κ1) is 12.6. The third-order valence-corrected chi connectivity index (χ3v) is 2.98. The Morgan fingerprint density at radius 2 is 2.11 bits per heavy atom. The van der Waals surface area contributed by atoms with Gasteiger partial charge in [0.2, 0.25) is 5.91 Å². The molecular formula is C14H17FN2O. The zero-order chi connectivity index (χ0) is 13.0. The van der Waals surface area contributed by atoms with Gasteiger partial charge in [0.1, 0.15) is 5.82 Å². The standard InChI is InChI=1S/C14H17FN2O/c1-2-5-14(18)16-11-6-7-13(12(15)10-11)17-8-3-4-9-17/h2,5-7,10H,3-4,8-9H2,1H3,(H,16,18). The molecule has 2 rings (SSSR count). The highest BCUT2D eigenvalue weighted by Gasteiger charge is 2.16.